The highest BCUT2D eigenvalue weighted by Gasteiger charge is 2.23. The molecule has 5 nitrogen and oxygen atoms in total. The van der Waals surface area contributed by atoms with Crippen molar-refractivity contribution in [3.05, 3.63) is 33.8 Å². The second kappa shape index (κ2) is 5.71. The van der Waals surface area contributed by atoms with E-state index in [9.17, 15) is 9.59 Å². The Balaban J connectivity index is 2.25. The molecule has 6 heteroatoms. The van der Waals surface area contributed by atoms with Gasteiger partial charge in [0.2, 0.25) is 0 Å². The Hall–Kier alpha value is -1.40. The van der Waals surface area contributed by atoms with Gasteiger partial charge in [0.15, 0.2) is 0 Å². The summed E-state index contributed by atoms with van der Waals surface area (Å²) >= 11 is 3.23. The first-order valence-electron chi connectivity index (χ1n) is 5.92. The van der Waals surface area contributed by atoms with Gasteiger partial charge in [-0.25, -0.2) is 4.79 Å². The lowest BCUT2D eigenvalue weighted by Gasteiger charge is -2.31. The molecule has 2 rings (SSSR count). The lowest BCUT2D eigenvalue weighted by atomic mass is 10.1. The summed E-state index contributed by atoms with van der Waals surface area (Å²) in [5.74, 6) is -1.22. The molecular weight excluding hydrogens is 314 g/mol. The first kappa shape index (κ1) is 14.0. The van der Waals surface area contributed by atoms with E-state index in [1.807, 2.05) is 6.92 Å². The minimum Gasteiger partial charge on any atom is -0.478 e. The molecule has 0 bridgehead atoms. The number of carboxylic acids is 1. The second-order valence-electron chi connectivity index (χ2n) is 4.47. The standard InChI is InChI=1S/C13H14BrNO4/c1-8-7-15(2-3-19-8)12(16)9-4-10(13(17)18)6-11(14)5-9/h4-6,8H,2-3,7H2,1H3,(H,17,18). The Morgan fingerprint density at radius 1 is 1.37 bits per heavy atom. The Labute approximate surface area is 119 Å². The Morgan fingerprint density at radius 3 is 2.68 bits per heavy atom. The monoisotopic (exact) mass is 327 g/mol. The summed E-state index contributed by atoms with van der Waals surface area (Å²) in [6.45, 7) is 3.46. The van der Waals surface area contributed by atoms with Crippen LogP contribution in [0.3, 0.4) is 0 Å². The van der Waals surface area contributed by atoms with Crippen LogP contribution < -0.4 is 0 Å². The van der Waals surface area contributed by atoms with Crippen LogP contribution in [0.4, 0.5) is 0 Å². The van der Waals surface area contributed by atoms with Gasteiger partial charge in [0, 0.05) is 23.1 Å². The lowest BCUT2D eigenvalue weighted by molar-refractivity contribution is -0.0124. The molecule has 1 aromatic rings. The number of carbonyl (C=O) groups is 2. The highest BCUT2D eigenvalue weighted by Crippen LogP contribution is 2.18. The van der Waals surface area contributed by atoms with Crippen molar-refractivity contribution in [2.24, 2.45) is 0 Å². The predicted molar refractivity (Wildman–Crippen MR) is 72.4 cm³/mol. The van der Waals surface area contributed by atoms with Crippen molar-refractivity contribution in [2.45, 2.75) is 13.0 Å². The van der Waals surface area contributed by atoms with Crippen LogP contribution in [0.2, 0.25) is 0 Å². The summed E-state index contributed by atoms with van der Waals surface area (Å²) in [4.78, 5) is 25.0. The van der Waals surface area contributed by atoms with Gasteiger partial charge in [-0.1, -0.05) is 15.9 Å². The molecule has 1 saturated heterocycles. The summed E-state index contributed by atoms with van der Waals surface area (Å²) in [5, 5.41) is 9.00. The first-order chi connectivity index (χ1) is 8.97. The number of nitrogens with zero attached hydrogens (tertiary/aromatic N) is 1. The zero-order valence-corrected chi connectivity index (χ0v) is 12.0. The molecule has 0 radical (unpaired) electrons. The summed E-state index contributed by atoms with van der Waals surface area (Å²) in [7, 11) is 0. The topological polar surface area (TPSA) is 66.8 Å². The van der Waals surface area contributed by atoms with Gasteiger partial charge in [-0.05, 0) is 25.1 Å². The molecule has 1 heterocycles. The number of carboxylic acid groups (broad SMARTS) is 1. The van der Waals surface area contributed by atoms with Crippen LogP contribution >= 0.6 is 15.9 Å². The number of benzene rings is 1. The third-order valence-electron chi connectivity index (χ3n) is 2.92. The van der Waals surface area contributed by atoms with Crippen molar-refractivity contribution in [1.82, 2.24) is 4.90 Å². The van der Waals surface area contributed by atoms with E-state index >= 15 is 0 Å². The maximum atomic E-state index is 12.3. The van der Waals surface area contributed by atoms with E-state index in [1.165, 1.54) is 12.1 Å². The van der Waals surface area contributed by atoms with Crippen LogP contribution in [0.5, 0.6) is 0 Å². The number of hydrogen-bond acceptors (Lipinski definition) is 3. The molecule has 1 N–H and O–H groups in total. The van der Waals surface area contributed by atoms with Gasteiger partial charge < -0.3 is 14.7 Å². The highest BCUT2D eigenvalue weighted by molar-refractivity contribution is 9.10. The summed E-state index contributed by atoms with van der Waals surface area (Å²) in [5.41, 5.74) is 0.472. The maximum absolute atomic E-state index is 12.3. The lowest BCUT2D eigenvalue weighted by Crippen LogP contribution is -2.44. The smallest absolute Gasteiger partial charge is 0.335 e. The van der Waals surface area contributed by atoms with Crippen LogP contribution in [0, 0.1) is 0 Å². The van der Waals surface area contributed by atoms with Gasteiger partial charge in [-0.2, -0.15) is 0 Å². The van der Waals surface area contributed by atoms with E-state index in [-0.39, 0.29) is 17.6 Å². The van der Waals surface area contributed by atoms with E-state index in [1.54, 1.807) is 11.0 Å². The maximum Gasteiger partial charge on any atom is 0.335 e. The van der Waals surface area contributed by atoms with E-state index in [4.69, 9.17) is 9.84 Å². The molecule has 1 fully saturated rings. The van der Waals surface area contributed by atoms with Gasteiger partial charge in [-0.15, -0.1) is 0 Å². The second-order valence-corrected chi connectivity index (χ2v) is 5.38. The van der Waals surface area contributed by atoms with Gasteiger partial charge in [0.05, 0.1) is 18.3 Å². The Bertz CT molecular complexity index is 517. The average Bonchev–Trinajstić information content (AvgIpc) is 2.37. The fraction of sp³-hybridized carbons (Fsp3) is 0.385. The molecule has 0 saturated carbocycles. The minimum absolute atomic E-state index is 0.00352. The van der Waals surface area contributed by atoms with Crippen LogP contribution in [-0.2, 0) is 4.74 Å². The molecule has 0 aliphatic carbocycles. The van der Waals surface area contributed by atoms with Crippen molar-refractivity contribution in [3.63, 3.8) is 0 Å². The number of hydrogen-bond donors (Lipinski definition) is 1. The molecule has 1 aliphatic rings. The van der Waals surface area contributed by atoms with E-state index in [0.717, 1.165) is 0 Å². The molecule has 19 heavy (non-hydrogen) atoms. The summed E-state index contributed by atoms with van der Waals surface area (Å²) < 4.78 is 5.96. The number of amides is 1. The quantitative estimate of drug-likeness (QED) is 0.902. The van der Waals surface area contributed by atoms with Gasteiger partial charge in [0.25, 0.3) is 5.91 Å². The van der Waals surface area contributed by atoms with E-state index in [0.29, 0.717) is 29.7 Å². The Morgan fingerprint density at radius 2 is 2.05 bits per heavy atom. The number of halogens is 1. The van der Waals surface area contributed by atoms with Crippen molar-refractivity contribution < 1.29 is 19.4 Å². The third-order valence-corrected chi connectivity index (χ3v) is 3.38. The number of morpholine rings is 1. The molecule has 1 aromatic carbocycles. The summed E-state index contributed by atoms with van der Waals surface area (Å²) in [6.07, 6.45) is 0.00352. The van der Waals surface area contributed by atoms with Crippen LogP contribution in [0.15, 0.2) is 22.7 Å². The fourth-order valence-corrected chi connectivity index (χ4v) is 2.52. The zero-order chi connectivity index (χ0) is 14.0. The Kier molecular flexibility index (Phi) is 4.21. The fourth-order valence-electron chi connectivity index (χ4n) is 2.02. The SMILES string of the molecule is CC1CN(C(=O)c2cc(Br)cc(C(=O)O)c2)CCO1. The number of ether oxygens (including phenoxy) is 1. The number of carbonyl (C=O) groups excluding carboxylic acids is 1. The van der Waals surface area contributed by atoms with Gasteiger partial charge >= 0.3 is 5.97 Å². The van der Waals surface area contributed by atoms with Crippen LogP contribution in [0.1, 0.15) is 27.6 Å². The van der Waals surface area contributed by atoms with Crippen molar-refractivity contribution in [3.8, 4) is 0 Å². The molecular formula is C13H14BrNO4. The number of aromatic carboxylic acids is 1. The van der Waals surface area contributed by atoms with E-state index < -0.39 is 5.97 Å². The normalized spacial score (nSPS) is 19.3. The largest absolute Gasteiger partial charge is 0.478 e. The van der Waals surface area contributed by atoms with E-state index in [2.05, 4.69) is 15.9 Å². The highest BCUT2D eigenvalue weighted by atomic mass is 79.9. The van der Waals surface area contributed by atoms with Crippen LogP contribution in [0.25, 0.3) is 0 Å². The zero-order valence-electron chi connectivity index (χ0n) is 10.4. The summed E-state index contributed by atoms with van der Waals surface area (Å²) in [6, 6.07) is 4.51. The van der Waals surface area contributed by atoms with Gasteiger partial charge in [-0.3, -0.25) is 4.79 Å². The third kappa shape index (κ3) is 3.33. The molecule has 0 aromatic heterocycles. The van der Waals surface area contributed by atoms with Crippen LogP contribution in [-0.4, -0.2) is 47.7 Å². The molecule has 1 unspecified atom stereocenters. The molecule has 102 valence electrons. The average molecular weight is 328 g/mol. The predicted octanol–water partition coefficient (Wildman–Crippen LogP) is 2.01. The number of rotatable bonds is 2. The van der Waals surface area contributed by atoms with Crippen molar-refractivity contribution in [1.29, 1.82) is 0 Å². The molecule has 1 atom stereocenters. The van der Waals surface area contributed by atoms with Crippen molar-refractivity contribution in [2.75, 3.05) is 19.7 Å². The molecule has 0 spiro atoms. The minimum atomic E-state index is -1.05. The van der Waals surface area contributed by atoms with Gasteiger partial charge in [0.1, 0.15) is 0 Å². The molecule has 1 aliphatic heterocycles. The molecule has 1 amide bonds. The van der Waals surface area contributed by atoms with Crippen molar-refractivity contribution >= 4 is 27.8 Å². The first-order valence-corrected chi connectivity index (χ1v) is 6.71.